The molecule has 5 aromatic rings. The number of H-pyrrole nitrogens is 2. The van der Waals surface area contributed by atoms with E-state index >= 15 is 0 Å². The molecule has 2 aromatic carbocycles. The van der Waals surface area contributed by atoms with Crippen molar-refractivity contribution in [3.05, 3.63) is 118 Å². The van der Waals surface area contributed by atoms with Gasteiger partial charge in [0.2, 0.25) is 0 Å². The van der Waals surface area contributed by atoms with Crippen LogP contribution in [0.1, 0.15) is 45.0 Å². The molecule has 2 N–H and O–H groups in total. The van der Waals surface area contributed by atoms with Crippen molar-refractivity contribution in [1.29, 1.82) is 0 Å². The van der Waals surface area contributed by atoms with Crippen LogP contribution in [-0.4, -0.2) is 19.9 Å². The van der Waals surface area contributed by atoms with Crippen LogP contribution in [0.4, 0.5) is 0 Å². The fourth-order valence-corrected chi connectivity index (χ4v) is 6.50. The zero-order valence-electron chi connectivity index (χ0n) is 23.9. The second-order valence-corrected chi connectivity index (χ2v) is 12.5. The Morgan fingerprint density at radius 2 is 1.19 bits per heavy atom. The minimum absolute atomic E-state index is 0.894. The molecule has 0 saturated carbocycles. The minimum Gasteiger partial charge on any atom is -0.355 e. The highest BCUT2D eigenvalue weighted by molar-refractivity contribution is 14.2. The Hall–Kier alpha value is -4.32. The number of hydrogen-bond donors (Lipinski definition) is 2. The summed E-state index contributed by atoms with van der Waals surface area (Å²) in [5, 5.41) is 3.06. The fraction of sp³-hybridized carbons (Fsp3) is 0.0811. The van der Waals surface area contributed by atoms with E-state index in [9.17, 15) is 0 Å². The van der Waals surface area contributed by atoms with Gasteiger partial charge in [-0.1, -0.05) is 35.7 Å². The van der Waals surface area contributed by atoms with Crippen molar-refractivity contribution >= 4 is 76.5 Å². The first-order chi connectivity index (χ1) is 20.9. The molecule has 8 bridgehead atoms. The summed E-state index contributed by atoms with van der Waals surface area (Å²) in [5.74, 6) is 3.18. The van der Waals surface area contributed by atoms with Crippen molar-refractivity contribution in [2.45, 2.75) is 20.8 Å². The number of rotatable bonds is 2. The predicted octanol–water partition coefficient (Wildman–Crippen LogP) is 10.3. The lowest BCUT2D eigenvalue weighted by Gasteiger charge is -2.13. The van der Waals surface area contributed by atoms with E-state index in [1.54, 1.807) is 0 Å². The summed E-state index contributed by atoms with van der Waals surface area (Å²) in [6.45, 7) is 6.51. The first-order valence-corrected chi connectivity index (χ1v) is 17.4. The summed E-state index contributed by atoms with van der Waals surface area (Å²) in [6, 6.07) is 25.5. The highest BCUT2D eigenvalue weighted by atomic mass is 127. The summed E-state index contributed by atoms with van der Waals surface area (Å²) in [7, 11) is 1.49. The molecule has 4 nitrogen and oxygen atoms in total. The molecule has 0 saturated heterocycles. The van der Waals surface area contributed by atoms with E-state index in [-0.39, 0.29) is 0 Å². The maximum absolute atomic E-state index is 5.12. The summed E-state index contributed by atoms with van der Waals surface area (Å²) in [6.07, 6.45) is 8.38. The van der Waals surface area contributed by atoms with Gasteiger partial charge < -0.3 is 9.97 Å². The molecule has 0 aliphatic carbocycles. The third kappa shape index (κ3) is 5.47. The van der Waals surface area contributed by atoms with E-state index in [1.165, 1.54) is 31.2 Å². The Morgan fingerprint density at radius 3 is 1.77 bits per heavy atom. The smallest absolute Gasteiger partial charge is 0.0737 e. The molecule has 2 aliphatic heterocycles. The number of halogens is 1. The van der Waals surface area contributed by atoms with Gasteiger partial charge in [-0.05, 0) is 130 Å². The van der Waals surface area contributed by atoms with E-state index in [0.29, 0.717) is 0 Å². The van der Waals surface area contributed by atoms with Crippen molar-refractivity contribution in [2.75, 3.05) is 0 Å². The first-order valence-electron chi connectivity index (χ1n) is 14.0. The Bertz CT molecular complexity index is 2180. The molecule has 208 valence electrons. The molecule has 0 radical (unpaired) electrons. The summed E-state index contributed by atoms with van der Waals surface area (Å²) in [4.78, 5) is 17.5. The van der Waals surface area contributed by atoms with Gasteiger partial charge in [0.15, 0.2) is 0 Å². The quantitative estimate of drug-likeness (QED) is 0.141. The summed E-state index contributed by atoms with van der Waals surface area (Å²) >= 11 is 2.19. The number of nitrogens with zero attached hydrogens (tertiary/aromatic N) is 2. The Kier molecular flexibility index (Phi) is 7.29. The monoisotopic (exact) mass is 686 g/mol. The molecule has 3 aromatic heterocycles. The van der Waals surface area contributed by atoms with Gasteiger partial charge in [0.05, 0.1) is 22.8 Å². The van der Waals surface area contributed by atoms with Gasteiger partial charge in [-0.3, -0.25) is 0 Å². The van der Waals surface area contributed by atoms with Gasteiger partial charge in [-0.15, -0.1) is 0 Å². The number of aryl methyl sites for hydroxylation is 3. The predicted molar refractivity (Wildman–Crippen MR) is 192 cm³/mol. The Labute approximate surface area is 267 Å². The number of fused-ring (bicyclic) bond motifs is 8. The van der Waals surface area contributed by atoms with Crippen LogP contribution < -0.4 is 0 Å². The normalized spacial score (nSPS) is 11.9. The Morgan fingerprint density at radius 1 is 0.628 bits per heavy atom. The van der Waals surface area contributed by atoms with Crippen LogP contribution >= 0.6 is 30.1 Å². The number of nitrogens with one attached hydrogen (secondary N) is 2. The van der Waals surface area contributed by atoms with Crippen LogP contribution in [0.25, 0.3) is 68.6 Å². The van der Waals surface area contributed by atoms with Crippen molar-refractivity contribution in [1.82, 2.24) is 19.9 Å². The lowest BCUT2D eigenvalue weighted by atomic mass is 9.92. The second kappa shape index (κ2) is 11.4. The SMILES string of the molecule is Cc1cc(C)c(-c2c3nc(cc4ccc([nH]4)c(-c4ccc(C#CSI)cc4)c4nc(cc5ccc2[nH]5)C=C4)C=C3)c(C)c1. The van der Waals surface area contributed by atoms with E-state index < -0.39 is 0 Å². The van der Waals surface area contributed by atoms with Crippen LogP contribution in [0.3, 0.4) is 0 Å². The Balaban J connectivity index is 1.52. The maximum atomic E-state index is 5.12. The molecule has 0 unspecified atom stereocenters. The zero-order valence-corrected chi connectivity index (χ0v) is 26.9. The molecule has 43 heavy (non-hydrogen) atoms. The molecule has 2 aliphatic rings. The molecule has 0 fully saturated rings. The van der Waals surface area contributed by atoms with Crippen molar-refractivity contribution < 1.29 is 0 Å². The molecular formula is C37H27IN4S. The van der Waals surface area contributed by atoms with Gasteiger partial charge in [0, 0.05) is 60.0 Å². The van der Waals surface area contributed by atoms with E-state index in [4.69, 9.17) is 9.97 Å². The number of benzene rings is 2. The van der Waals surface area contributed by atoms with Crippen LogP contribution in [0.2, 0.25) is 0 Å². The molecule has 0 atom stereocenters. The molecular weight excluding hydrogens is 659 g/mol. The van der Waals surface area contributed by atoms with Gasteiger partial charge in [0.25, 0.3) is 0 Å². The molecule has 5 heterocycles. The van der Waals surface area contributed by atoms with Gasteiger partial charge in [-0.2, -0.15) is 0 Å². The largest absolute Gasteiger partial charge is 0.355 e. The van der Waals surface area contributed by atoms with Gasteiger partial charge in [-0.25, -0.2) is 9.97 Å². The van der Waals surface area contributed by atoms with Gasteiger partial charge >= 0.3 is 0 Å². The first kappa shape index (κ1) is 27.5. The van der Waals surface area contributed by atoms with Crippen LogP contribution in [0.15, 0.2) is 72.8 Å². The zero-order chi connectivity index (χ0) is 29.5. The number of aromatic nitrogens is 4. The van der Waals surface area contributed by atoms with Crippen LogP contribution in [0.5, 0.6) is 0 Å². The molecule has 0 amide bonds. The van der Waals surface area contributed by atoms with Crippen molar-refractivity contribution in [2.24, 2.45) is 0 Å². The average molecular weight is 687 g/mol. The molecule has 6 heteroatoms. The van der Waals surface area contributed by atoms with Crippen LogP contribution in [-0.2, 0) is 0 Å². The maximum Gasteiger partial charge on any atom is 0.0737 e. The lowest BCUT2D eigenvalue weighted by Crippen LogP contribution is -1.93. The number of aromatic amines is 2. The average Bonchev–Trinajstić information content (AvgIpc) is 3.80. The lowest BCUT2D eigenvalue weighted by molar-refractivity contribution is 1.28. The van der Waals surface area contributed by atoms with Crippen molar-refractivity contribution in [3.63, 3.8) is 0 Å². The topological polar surface area (TPSA) is 57.4 Å². The van der Waals surface area contributed by atoms with E-state index in [0.717, 1.165) is 67.1 Å². The van der Waals surface area contributed by atoms with Crippen LogP contribution in [0, 0.1) is 31.9 Å². The summed E-state index contributed by atoms with van der Waals surface area (Å²) < 4.78 is 0. The highest BCUT2D eigenvalue weighted by Gasteiger charge is 2.16. The third-order valence-electron chi connectivity index (χ3n) is 7.73. The minimum atomic E-state index is 0.894. The van der Waals surface area contributed by atoms with Crippen molar-refractivity contribution in [3.8, 4) is 33.4 Å². The third-order valence-corrected chi connectivity index (χ3v) is 8.57. The number of hydrogen-bond acceptors (Lipinski definition) is 3. The molecule has 7 rings (SSSR count). The fourth-order valence-electron chi connectivity index (χ4n) is 6.01. The van der Waals surface area contributed by atoms with E-state index in [1.807, 2.05) is 0 Å². The summed E-state index contributed by atoms with van der Waals surface area (Å²) in [5.41, 5.74) is 16.8. The van der Waals surface area contributed by atoms with Gasteiger partial charge in [0.1, 0.15) is 0 Å². The molecule has 0 spiro atoms. The standard InChI is InChI=1S/C37H27IN4S/c1-22-18-23(2)35(24(3)19-22)37-33-14-10-29(41-33)20-27-8-12-31(39-27)36(26-6-4-25(5-7-26)16-17-43-38)32-13-9-28(40-32)21-30-11-15-34(37)42-30/h4-15,18-21,39,42H,1-3H3. The highest BCUT2D eigenvalue weighted by Crippen LogP contribution is 2.36. The van der Waals surface area contributed by atoms with E-state index in [2.05, 4.69) is 160 Å². The second-order valence-electron chi connectivity index (χ2n) is 10.9.